The number of anilines is 1. The fourth-order valence-corrected chi connectivity index (χ4v) is 4.93. The number of sulfonamides is 1. The third-order valence-corrected chi connectivity index (χ3v) is 7.32. The Labute approximate surface area is 178 Å². The molecule has 2 aromatic rings. The molecule has 0 unspecified atom stereocenters. The predicted octanol–water partition coefficient (Wildman–Crippen LogP) is 2.47. The second kappa shape index (κ2) is 9.86. The van der Waals surface area contributed by atoms with Crippen LogP contribution in [0.1, 0.15) is 19.4 Å². The highest BCUT2D eigenvalue weighted by Gasteiger charge is 2.21. The molecule has 1 aliphatic heterocycles. The summed E-state index contributed by atoms with van der Waals surface area (Å²) in [7, 11) is -3.47. The topological polar surface area (TPSA) is 73.8 Å². The lowest BCUT2D eigenvalue weighted by atomic mass is 10.2. The first-order chi connectivity index (χ1) is 14.5. The molecule has 0 spiro atoms. The van der Waals surface area contributed by atoms with Gasteiger partial charge in [0, 0.05) is 63.4 Å². The van der Waals surface area contributed by atoms with Crippen molar-refractivity contribution in [2.45, 2.75) is 18.7 Å². The molecule has 2 heterocycles. The predicted molar refractivity (Wildman–Crippen MR) is 119 cm³/mol. The van der Waals surface area contributed by atoms with Gasteiger partial charge in [0.2, 0.25) is 15.9 Å². The monoisotopic (exact) mass is 428 g/mol. The van der Waals surface area contributed by atoms with Crippen LogP contribution in [0.2, 0.25) is 0 Å². The average Bonchev–Trinajstić information content (AvgIpc) is 2.79. The number of carbonyl (C=O) groups excluding carboxylic acids is 1. The first-order valence-corrected chi connectivity index (χ1v) is 11.6. The van der Waals surface area contributed by atoms with Crippen LogP contribution < -0.4 is 4.90 Å². The van der Waals surface area contributed by atoms with Crippen LogP contribution in [-0.2, 0) is 14.8 Å². The van der Waals surface area contributed by atoms with Crippen molar-refractivity contribution in [2.24, 2.45) is 0 Å². The van der Waals surface area contributed by atoms with Crippen molar-refractivity contribution in [2.75, 3.05) is 44.2 Å². The third-order valence-electron chi connectivity index (χ3n) is 5.26. The van der Waals surface area contributed by atoms with Gasteiger partial charge in [0.15, 0.2) is 0 Å². The Morgan fingerprint density at radius 1 is 1.00 bits per heavy atom. The molecule has 7 nitrogen and oxygen atoms in total. The fourth-order valence-electron chi connectivity index (χ4n) is 3.48. The van der Waals surface area contributed by atoms with Crippen LogP contribution in [0.25, 0.3) is 6.08 Å². The van der Waals surface area contributed by atoms with E-state index in [2.05, 4.69) is 9.88 Å². The van der Waals surface area contributed by atoms with Crippen molar-refractivity contribution >= 4 is 27.7 Å². The first kappa shape index (κ1) is 22.0. The van der Waals surface area contributed by atoms with Gasteiger partial charge in [0.1, 0.15) is 0 Å². The molecular weight excluding hydrogens is 400 g/mol. The molecule has 0 saturated carbocycles. The number of nitrogens with zero attached hydrogens (tertiary/aromatic N) is 4. The van der Waals surface area contributed by atoms with Crippen LogP contribution in [0, 0.1) is 0 Å². The van der Waals surface area contributed by atoms with Gasteiger partial charge in [-0.3, -0.25) is 9.78 Å². The summed E-state index contributed by atoms with van der Waals surface area (Å²) in [5.41, 5.74) is 1.91. The summed E-state index contributed by atoms with van der Waals surface area (Å²) in [5.74, 6) is -0.0378. The lowest BCUT2D eigenvalue weighted by Crippen LogP contribution is -2.48. The van der Waals surface area contributed by atoms with E-state index in [1.807, 2.05) is 30.9 Å². The first-order valence-electron chi connectivity index (χ1n) is 10.2. The van der Waals surface area contributed by atoms with Gasteiger partial charge in [0.25, 0.3) is 0 Å². The van der Waals surface area contributed by atoms with Crippen molar-refractivity contribution in [3.63, 3.8) is 0 Å². The number of hydrogen-bond acceptors (Lipinski definition) is 5. The standard InChI is InChI=1S/C22H28N4O3S/c1-3-26(4-2)30(28,29)21-8-5-19(6-9-21)7-10-22(27)25-17-15-24(16-18-25)20-11-13-23-14-12-20/h5-14H,3-4,15-18H2,1-2H3/b10-7+. The molecule has 0 atom stereocenters. The number of hydrogen-bond donors (Lipinski definition) is 0. The van der Waals surface area contributed by atoms with Gasteiger partial charge >= 0.3 is 0 Å². The van der Waals surface area contributed by atoms with Crippen LogP contribution in [0.15, 0.2) is 59.8 Å². The Morgan fingerprint density at radius 2 is 1.60 bits per heavy atom. The molecular formula is C22H28N4O3S. The minimum atomic E-state index is -3.47. The molecule has 0 bridgehead atoms. The quantitative estimate of drug-likeness (QED) is 0.634. The summed E-state index contributed by atoms with van der Waals surface area (Å²) >= 11 is 0. The lowest BCUT2D eigenvalue weighted by Gasteiger charge is -2.35. The van der Waals surface area contributed by atoms with E-state index in [0.717, 1.165) is 24.3 Å². The second-order valence-electron chi connectivity index (χ2n) is 7.01. The van der Waals surface area contributed by atoms with Crippen molar-refractivity contribution in [1.82, 2.24) is 14.2 Å². The summed E-state index contributed by atoms with van der Waals surface area (Å²) in [6.07, 6.45) is 6.82. The highest BCUT2D eigenvalue weighted by Crippen LogP contribution is 2.18. The molecule has 3 rings (SSSR count). The molecule has 1 aromatic heterocycles. The summed E-state index contributed by atoms with van der Waals surface area (Å²) in [6, 6.07) is 10.6. The Hall–Kier alpha value is -2.71. The van der Waals surface area contributed by atoms with Crippen LogP contribution in [0.4, 0.5) is 5.69 Å². The highest BCUT2D eigenvalue weighted by atomic mass is 32.2. The smallest absolute Gasteiger partial charge is 0.246 e. The number of aromatic nitrogens is 1. The van der Waals surface area contributed by atoms with E-state index in [0.29, 0.717) is 26.2 Å². The molecule has 0 N–H and O–H groups in total. The second-order valence-corrected chi connectivity index (χ2v) is 8.95. The maximum absolute atomic E-state index is 12.5. The molecule has 0 radical (unpaired) electrons. The zero-order valence-corrected chi connectivity index (χ0v) is 18.3. The number of pyridine rings is 1. The minimum Gasteiger partial charge on any atom is -0.368 e. The number of carbonyl (C=O) groups is 1. The van der Waals surface area contributed by atoms with E-state index in [4.69, 9.17) is 0 Å². The third kappa shape index (κ3) is 5.06. The summed E-state index contributed by atoms with van der Waals surface area (Å²) in [5, 5.41) is 0. The molecule has 1 saturated heterocycles. The van der Waals surface area contributed by atoms with Crippen LogP contribution in [0.5, 0.6) is 0 Å². The molecule has 1 aliphatic rings. The SMILES string of the molecule is CCN(CC)S(=O)(=O)c1ccc(/C=C/C(=O)N2CCN(c3ccncc3)CC2)cc1. The molecule has 30 heavy (non-hydrogen) atoms. The van der Waals surface area contributed by atoms with E-state index < -0.39 is 10.0 Å². The molecule has 8 heteroatoms. The number of rotatable bonds is 7. The molecule has 1 aromatic carbocycles. The fraction of sp³-hybridized carbons (Fsp3) is 0.364. The number of amides is 1. The average molecular weight is 429 g/mol. The Bertz CT molecular complexity index is 963. The normalized spacial score (nSPS) is 15.2. The molecule has 0 aliphatic carbocycles. The number of benzene rings is 1. The maximum atomic E-state index is 12.5. The molecule has 160 valence electrons. The summed E-state index contributed by atoms with van der Waals surface area (Å²) < 4.78 is 26.5. The van der Waals surface area contributed by atoms with Crippen molar-refractivity contribution in [3.05, 3.63) is 60.4 Å². The van der Waals surface area contributed by atoms with Gasteiger partial charge in [-0.15, -0.1) is 0 Å². The van der Waals surface area contributed by atoms with Gasteiger partial charge in [0.05, 0.1) is 4.90 Å². The molecule has 1 fully saturated rings. The minimum absolute atomic E-state index is 0.0378. The van der Waals surface area contributed by atoms with E-state index in [1.54, 1.807) is 48.8 Å². The zero-order valence-electron chi connectivity index (χ0n) is 17.4. The largest absolute Gasteiger partial charge is 0.368 e. The van der Waals surface area contributed by atoms with Crippen LogP contribution in [0.3, 0.4) is 0 Å². The van der Waals surface area contributed by atoms with E-state index in [1.165, 1.54) is 4.31 Å². The van der Waals surface area contributed by atoms with Crippen LogP contribution >= 0.6 is 0 Å². The van der Waals surface area contributed by atoms with E-state index in [-0.39, 0.29) is 10.8 Å². The maximum Gasteiger partial charge on any atom is 0.246 e. The molecule has 1 amide bonds. The van der Waals surface area contributed by atoms with Gasteiger partial charge < -0.3 is 9.80 Å². The van der Waals surface area contributed by atoms with E-state index in [9.17, 15) is 13.2 Å². The Morgan fingerprint density at radius 3 is 2.17 bits per heavy atom. The number of piperazine rings is 1. The Balaban J connectivity index is 1.58. The Kier molecular flexibility index (Phi) is 7.23. The highest BCUT2D eigenvalue weighted by molar-refractivity contribution is 7.89. The summed E-state index contributed by atoms with van der Waals surface area (Å²) in [6.45, 7) is 7.39. The van der Waals surface area contributed by atoms with Gasteiger partial charge in [-0.2, -0.15) is 4.31 Å². The van der Waals surface area contributed by atoms with E-state index >= 15 is 0 Å². The zero-order chi connectivity index (χ0) is 21.6. The van der Waals surface area contributed by atoms with Crippen LogP contribution in [-0.4, -0.2) is 67.8 Å². The lowest BCUT2D eigenvalue weighted by molar-refractivity contribution is -0.126. The van der Waals surface area contributed by atoms with Gasteiger partial charge in [-0.25, -0.2) is 8.42 Å². The summed E-state index contributed by atoms with van der Waals surface area (Å²) in [4.78, 5) is 20.9. The van der Waals surface area contributed by atoms with Gasteiger partial charge in [-0.05, 0) is 35.9 Å². The van der Waals surface area contributed by atoms with Crippen molar-refractivity contribution < 1.29 is 13.2 Å². The van der Waals surface area contributed by atoms with Crippen molar-refractivity contribution in [1.29, 1.82) is 0 Å². The van der Waals surface area contributed by atoms with Crippen molar-refractivity contribution in [3.8, 4) is 0 Å². The van der Waals surface area contributed by atoms with Gasteiger partial charge in [-0.1, -0.05) is 26.0 Å².